The number of methoxy groups -OCH3 is 1. The van der Waals surface area contributed by atoms with Crippen molar-refractivity contribution in [2.45, 2.75) is 32.4 Å². The fourth-order valence-electron chi connectivity index (χ4n) is 1.80. The van der Waals surface area contributed by atoms with E-state index in [1.54, 1.807) is 20.1 Å². The molecule has 0 aliphatic rings. The van der Waals surface area contributed by atoms with Crippen LogP contribution in [-0.4, -0.2) is 38.3 Å². The summed E-state index contributed by atoms with van der Waals surface area (Å²) in [7, 11) is 1.58. The molecule has 6 heteroatoms. The molecule has 0 heterocycles. The Morgan fingerprint density at radius 2 is 2.14 bits per heavy atom. The molecule has 0 aliphatic heterocycles. The molecule has 3 N–H and O–H groups in total. The van der Waals surface area contributed by atoms with Crippen LogP contribution in [-0.2, 0) is 16.0 Å². The maximum atomic E-state index is 11.8. The molecule has 0 bridgehead atoms. The summed E-state index contributed by atoms with van der Waals surface area (Å²) in [4.78, 5) is 11.8. The van der Waals surface area contributed by atoms with Crippen LogP contribution in [0.3, 0.4) is 0 Å². The van der Waals surface area contributed by atoms with Gasteiger partial charge in [-0.1, -0.05) is 17.7 Å². The van der Waals surface area contributed by atoms with Crippen molar-refractivity contribution in [3.63, 3.8) is 0 Å². The largest absolute Gasteiger partial charge is 0.479 e. The highest BCUT2D eigenvalue weighted by molar-refractivity contribution is 6.32. The Morgan fingerprint density at radius 1 is 1.43 bits per heavy atom. The van der Waals surface area contributed by atoms with Crippen molar-refractivity contribution < 1.29 is 14.3 Å². The van der Waals surface area contributed by atoms with Gasteiger partial charge in [-0.15, -0.1) is 0 Å². The number of carbonyl (C=O) groups excluding carboxylic acids is 1. The summed E-state index contributed by atoms with van der Waals surface area (Å²) in [6, 6.07) is 5.55. The predicted octanol–water partition coefficient (Wildman–Crippen LogP) is 1.76. The van der Waals surface area contributed by atoms with Crippen molar-refractivity contribution in [2.75, 3.05) is 20.3 Å². The molecule has 2 unspecified atom stereocenters. The summed E-state index contributed by atoms with van der Waals surface area (Å²) in [5.41, 5.74) is 6.79. The molecule has 0 saturated heterocycles. The first-order valence-electron chi connectivity index (χ1n) is 6.91. The lowest BCUT2D eigenvalue weighted by atomic mass is 10.1. The second-order valence-electron chi connectivity index (χ2n) is 4.99. The molecule has 1 aromatic rings. The third-order valence-corrected chi connectivity index (χ3v) is 3.13. The number of hydrogen-bond donors (Lipinski definition) is 2. The summed E-state index contributed by atoms with van der Waals surface area (Å²) in [6.45, 7) is 4.52. The first-order chi connectivity index (χ1) is 9.93. The molecule has 1 aromatic carbocycles. The average molecular weight is 315 g/mol. The number of halogens is 1. The molecule has 0 fully saturated rings. The fourth-order valence-corrected chi connectivity index (χ4v) is 2.05. The van der Waals surface area contributed by atoms with Gasteiger partial charge in [-0.2, -0.15) is 0 Å². The van der Waals surface area contributed by atoms with Crippen LogP contribution in [0, 0.1) is 0 Å². The predicted molar refractivity (Wildman–Crippen MR) is 83.8 cm³/mol. The summed E-state index contributed by atoms with van der Waals surface area (Å²) in [5.74, 6) is 0.280. The van der Waals surface area contributed by atoms with E-state index in [1.165, 1.54) is 0 Å². The van der Waals surface area contributed by atoms with Gasteiger partial charge in [0, 0.05) is 19.7 Å². The number of hydrogen-bond acceptors (Lipinski definition) is 4. The van der Waals surface area contributed by atoms with Crippen LogP contribution in [0.2, 0.25) is 5.02 Å². The topological polar surface area (TPSA) is 73.6 Å². The van der Waals surface area contributed by atoms with E-state index in [4.69, 9.17) is 26.8 Å². The van der Waals surface area contributed by atoms with E-state index in [0.717, 1.165) is 12.0 Å². The van der Waals surface area contributed by atoms with Gasteiger partial charge >= 0.3 is 0 Å². The lowest BCUT2D eigenvalue weighted by Gasteiger charge is -2.16. The Bertz CT molecular complexity index is 466. The van der Waals surface area contributed by atoms with Gasteiger partial charge in [0.1, 0.15) is 5.75 Å². The van der Waals surface area contributed by atoms with Crippen LogP contribution in [0.4, 0.5) is 0 Å². The Kier molecular flexibility index (Phi) is 7.50. The van der Waals surface area contributed by atoms with Crippen molar-refractivity contribution >= 4 is 17.5 Å². The van der Waals surface area contributed by atoms with Crippen molar-refractivity contribution in [2.24, 2.45) is 5.73 Å². The van der Waals surface area contributed by atoms with E-state index in [1.807, 2.05) is 19.1 Å². The third-order valence-electron chi connectivity index (χ3n) is 2.83. The minimum atomic E-state index is -0.626. The quantitative estimate of drug-likeness (QED) is 0.717. The molecular weight excluding hydrogens is 292 g/mol. The van der Waals surface area contributed by atoms with Crippen molar-refractivity contribution in [1.82, 2.24) is 5.32 Å². The molecular formula is C15H23ClN2O3. The number of ether oxygens (including phenoxy) is 2. The first-order valence-corrected chi connectivity index (χ1v) is 7.29. The maximum absolute atomic E-state index is 11.8. The highest BCUT2D eigenvalue weighted by Crippen LogP contribution is 2.26. The smallest absolute Gasteiger partial charge is 0.260 e. The number of rotatable bonds is 8. The Morgan fingerprint density at radius 3 is 2.71 bits per heavy atom. The van der Waals surface area contributed by atoms with E-state index in [9.17, 15) is 4.79 Å². The minimum Gasteiger partial charge on any atom is -0.479 e. The summed E-state index contributed by atoms with van der Waals surface area (Å²) in [5, 5.41) is 3.19. The monoisotopic (exact) mass is 314 g/mol. The minimum absolute atomic E-state index is 0.0679. The van der Waals surface area contributed by atoms with Gasteiger partial charge in [-0.05, 0) is 38.0 Å². The molecule has 0 aliphatic carbocycles. The van der Waals surface area contributed by atoms with Gasteiger partial charge in [0.25, 0.3) is 5.91 Å². The zero-order valence-corrected chi connectivity index (χ0v) is 13.4. The Labute approximate surface area is 130 Å². The van der Waals surface area contributed by atoms with E-state index in [2.05, 4.69) is 5.32 Å². The van der Waals surface area contributed by atoms with Gasteiger partial charge in [0.2, 0.25) is 0 Å². The molecule has 118 valence electrons. The van der Waals surface area contributed by atoms with Crippen molar-refractivity contribution in [1.29, 1.82) is 0 Å². The van der Waals surface area contributed by atoms with E-state index in [-0.39, 0.29) is 11.9 Å². The standard InChI is InChI=1S/C15H23ClN2O3/c1-10(17)8-12-4-5-14(13(16)9-12)21-11(2)15(19)18-6-7-20-3/h4-5,9-11H,6-8,17H2,1-3H3,(H,18,19). The molecule has 21 heavy (non-hydrogen) atoms. The summed E-state index contributed by atoms with van der Waals surface area (Å²) >= 11 is 6.17. The lowest BCUT2D eigenvalue weighted by molar-refractivity contribution is -0.127. The van der Waals surface area contributed by atoms with Gasteiger partial charge in [0.05, 0.1) is 11.6 Å². The number of carbonyl (C=O) groups is 1. The number of benzene rings is 1. The third kappa shape index (κ3) is 6.33. The molecule has 0 saturated carbocycles. The zero-order valence-electron chi connectivity index (χ0n) is 12.7. The SMILES string of the molecule is COCCNC(=O)C(C)Oc1ccc(CC(C)N)cc1Cl. The highest BCUT2D eigenvalue weighted by atomic mass is 35.5. The van der Waals surface area contributed by atoms with Crippen molar-refractivity contribution in [3.8, 4) is 5.75 Å². The Balaban J connectivity index is 2.59. The van der Waals surface area contributed by atoms with Crippen molar-refractivity contribution in [3.05, 3.63) is 28.8 Å². The lowest BCUT2D eigenvalue weighted by Crippen LogP contribution is -2.37. The van der Waals surface area contributed by atoms with Gasteiger partial charge < -0.3 is 20.5 Å². The van der Waals surface area contributed by atoms with Gasteiger partial charge in [0.15, 0.2) is 6.10 Å². The maximum Gasteiger partial charge on any atom is 0.260 e. The summed E-state index contributed by atoms with van der Waals surface area (Å²) < 4.78 is 10.4. The number of nitrogens with two attached hydrogens (primary N) is 1. The van der Waals surface area contributed by atoms with Crippen LogP contribution >= 0.6 is 11.6 Å². The van der Waals surface area contributed by atoms with Gasteiger partial charge in [-0.25, -0.2) is 0 Å². The second-order valence-corrected chi connectivity index (χ2v) is 5.40. The van der Waals surface area contributed by atoms with Crippen LogP contribution in [0.5, 0.6) is 5.75 Å². The van der Waals surface area contributed by atoms with Crippen LogP contribution in [0.1, 0.15) is 19.4 Å². The van der Waals surface area contributed by atoms with E-state index < -0.39 is 6.10 Å². The molecule has 2 atom stereocenters. The number of nitrogens with one attached hydrogen (secondary N) is 1. The molecule has 5 nitrogen and oxygen atoms in total. The summed E-state index contributed by atoms with van der Waals surface area (Å²) in [6.07, 6.45) is 0.117. The molecule has 1 amide bonds. The normalized spacial score (nSPS) is 13.6. The van der Waals surface area contributed by atoms with E-state index >= 15 is 0 Å². The Hall–Kier alpha value is -1.30. The van der Waals surface area contributed by atoms with E-state index in [0.29, 0.717) is 23.9 Å². The second kappa shape index (κ2) is 8.87. The molecule has 0 radical (unpaired) electrons. The molecule has 1 rings (SSSR count). The average Bonchev–Trinajstić information content (AvgIpc) is 2.41. The van der Waals surface area contributed by atoms with Crippen LogP contribution < -0.4 is 15.8 Å². The van der Waals surface area contributed by atoms with Crippen LogP contribution in [0.15, 0.2) is 18.2 Å². The number of amides is 1. The highest BCUT2D eigenvalue weighted by Gasteiger charge is 2.15. The first kappa shape index (κ1) is 17.8. The zero-order chi connectivity index (χ0) is 15.8. The van der Waals surface area contributed by atoms with Crippen LogP contribution in [0.25, 0.3) is 0 Å². The molecule has 0 spiro atoms. The molecule has 0 aromatic heterocycles. The fraction of sp³-hybridized carbons (Fsp3) is 0.533. The van der Waals surface area contributed by atoms with Gasteiger partial charge in [-0.3, -0.25) is 4.79 Å².